The molecule has 2 rings (SSSR count). The number of thiophene rings is 1. The lowest BCUT2D eigenvalue weighted by Gasteiger charge is -2.06. The number of hydrogen-bond acceptors (Lipinski definition) is 5. The molecule has 1 aromatic carbocycles. The SMILES string of the molecule is O=[N+]([O-])c1cc(S(=O)(=O)NCc2cccs2)ccc1Cl. The van der Waals surface area contributed by atoms with Gasteiger partial charge in [-0.15, -0.1) is 11.3 Å². The summed E-state index contributed by atoms with van der Waals surface area (Å²) in [6.45, 7) is 0.135. The molecule has 0 fully saturated rings. The van der Waals surface area contributed by atoms with Gasteiger partial charge in [-0.25, -0.2) is 13.1 Å². The third-order valence-electron chi connectivity index (χ3n) is 2.44. The lowest BCUT2D eigenvalue weighted by atomic mass is 10.3. The highest BCUT2D eigenvalue weighted by molar-refractivity contribution is 7.89. The van der Waals surface area contributed by atoms with Crippen LogP contribution in [0.25, 0.3) is 0 Å². The van der Waals surface area contributed by atoms with Crippen LogP contribution in [0.3, 0.4) is 0 Å². The van der Waals surface area contributed by atoms with Crippen LogP contribution in [0.4, 0.5) is 5.69 Å². The van der Waals surface area contributed by atoms with E-state index >= 15 is 0 Å². The van der Waals surface area contributed by atoms with E-state index in [2.05, 4.69) is 4.72 Å². The second-order valence-electron chi connectivity index (χ2n) is 3.77. The lowest BCUT2D eigenvalue weighted by Crippen LogP contribution is -2.22. The summed E-state index contributed by atoms with van der Waals surface area (Å²) in [6, 6.07) is 6.96. The standard InChI is InChI=1S/C11H9ClN2O4S2/c12-10-4-3-9(6-11(10)14(15)16)20(17,18)13-7-8-2-1-5-19-8/h1-6,13H,7H2. The third kappa shape index (κ3) is 3.34. The fraction of sp³-hybridized carbons (Fsp3) is 0.0909. The summed E-state index contributed by atoms with van der Waals surface area (Å²) >= 11 is 7.06. The van der Waals surface area contributed by atoms with Crippen LogP contribution >= 0.6 is 22.9 Å². The molecule has 0 aliphatic carbocycles. The van der Waals surface area contributed by atoms with Crippen molar-refractivity contribution in [3.8, 4) is 0 Å². The first-order chi connectivity index (χ1) is 9.40. The van der Waals surface area contributed by atoms with Gasteiger partial charge in [0.1, 0.15) is 5.02 Å². The first kappa shape index (κ1) is 14.9. The number of benzene rings is 1. The molecule has 0 bridgehead atoms. The van der Waals surface area contributed by atoms with Crippen molar-refractivity contribution in [2.24, 2.45) is 0 Å². The van der Waals surface area contributed by atoms with Gasteiger partial charge in [-0.2, -0.15) is 0 Å². The molecule has 0 radical (unpaired) electrons. The van der Waals surface area contributed by atoms with E-state index in [-0.39, 0.29) is 16.5 Å². The number of nitrogens with one attached hydrogen (secondary N) is 1. The number of hydrogen-bond donors (Lipinski definition) is 1. The van der Waals surface area contributed by atoms with Crippen LogP contribution in [0, 0.1) is 10.1 Å². The smallest absolute Gasteiger partial charge is 0.258 e. The zero-order chi connectivity index (χ0) is 14.8. The van der Waals surface area contributed by atoms with Crippen LogP contribution in [0.1, 0.15) is 4.88 Å². The number of nitro groups is 1. The zero-order valence-electron chi connectivity index (χ0n) is 9.95. The molecule has 0 aliphatic rings. The Kier molecular flexibility index (Phi) is 4.39. The molecule has 1 heterocycles. The van der Waals surface area contributed by atoms with Crippen molar-refractivity contribution in [2.75, 3.05) is 0 Å². The van der Waals surface area contributed by atoms with Crippen molar-refractivity contribution in [1.82, 2.24) is 4.72 Å². The number of rotatable bonds is 5. The predicted octanol–water partition coefficient (Wildman–Crippen LogP) is 2.79. The van der Waals surface area contributed by atoms with E-state index in [9.17, 15) is 18.5 Å². The van der Waals surface area contributed by atoms with Gasteiger partial charge in [-0.1, -0.05) is 17.7 Å². The maximum Gasteiger partial charge on any atom is 0.289 e. The quantitative estimate of drug-likeness (QED) is 0.673. The lowest BCUT2D eigenvalue weighted by molar-refractivity contribution is -0.384. The highest BCUT2D eigenvalue weighted by atomic mass is 35.5. The van der Waals surface area contributed by atoms with Crippen molar-refractivity contribution >= 4 is 38.6 Å². The Labute approximate surface area is 124 Å². The van der Waals surface area contributed by atoms with Gasteiger partial charge >= 0.3 is 0 Å². The number of sulfonamides is 1. The highest BCUT2D eigenvalue weighted by Gasteiger charge is 2.20. The van der Waals surface area contributed by atoms with E-state index < -0.39 is 20.6 Å². The molecule has 1 N–H and O–H groups in total. The fourth-order valence-electron chi connectivity index (χ4n) is 1.46. The maximum absolute atomic E-state index is 12.0. The van der Waals surface area contributed by atoms with Crippen molar-refractivity contribution in [1.29, 1.82) is 0 Å². The van der Waals surface area contributed by atoms with Gasteiger partial charge in [-0.3, -0.25) is 10.1 Å². The molecular weight excluding hydrogens is 324 g/mol. The normalized spacial score (nSPS) is 11.4. The Hall–Kier alpha value is -1.48. The van der Waals surface area contributed by atoms with Gasteiger partial charge in [0.25, 0.3) is 5.69 Å². The second-order valence-corrected chi connectivity index (χ2v) is 6.98. The minimum atomic E-state index is -3.82. The summed E-state index contributed by atoms with van der Waals surface area (Å²) in [7, 11) is -3.82. The topological polar surface area (TPSA) is 89.3 Å². The number of nitrogens with zero attached hydrogens (tertiary/aromatic N) is 1. The van der Waals surface area contributed by atoms with E-state index in [0.717, 1.165) is 10.9 Å². The molecule has 106 valence electrons. The summed E-state index contributed by atoms with van der Waals surface area (Å²) in [5.41, 5.74) is -0.439. The Morgan fingerprint density at radius 1 is 1.35 bits per heavy atom. The molecule has 0 saturated carbocycles. The zero-order valence-corrected chi connectivity index (χ0v) is 12.3. The van der Waals surface area contributed by atoms with Crippen molar-refractivity contribution in [3.63, 3.8) is 0 Å². The van der Waals surface area contributed by atoms with Crippen LogP contribution < -0.4 is 4.72 Å². The summed E-state index contributed by atoms with van der Waals surface area (Å²) in [6.07, 6.45) is 0. The van der Waals surface area contributed by atoms with Crippen LogP contribution in [-0.2, 0) is 16.6 Å². The van der Waals surface area contributed by atoms with Crippen molar-refractivity contribution in [3.05, 3.63) is 55.7 Å². The molecule has 0 amide bonds. The van der Waals surface area contributed by atoms with Gasteiger partial charge in [-0.05, 0) is 23.6 Å². The molecule has 9 heteroatoms. The summed E-state index contributed by atoms with van der Waals surface area (Å²) in [5.74, 6) is 0. The summed E-state index contributed by atoms with van der Waals surface area (Å²) in [5, 5.41) is 12.5. The van der Waals surface area contributed by atoms with Crippen LogP contribution in [0.15, 0.2) is 40.6 Å². The minimum absolute atomic E-state index is 0.104. The van der Waals surface area contributed by atoms with Crippen LogP contribution in [-0.4, -0.2) is 13.3 Å². The molecule has 1 aromatic heterocycles. The predicted molar refractivity (Wildman–Crippen MR) is 76.5 cm³/mol. The molecule has 6 nitrogen and oxygen atoms in total. The molecule has 0 saturated heterocycles. The first-order valence-corrected chi connectivity index (χ1v) is 8.10. The molecule has 0 atom stereocenters. The number of nitro benzene ring substituents is 1. The van der Waals surface area contributed by atoms with Crippen molar-refractivity contribution < 1.29 is 13.3 Å². The van der Waals surface area contributed by atoms with Gasteiger partial charge in [0, 0.05) is 17.5 Å². The average molecular weight is 333 g/mol. The van der Waals surface area contributed by atoms with Crippen LogP contribution in [0.5, 0.6) is 0 Å². The van der Waals surface area contributed by atoms with E-state index in [0.29, 0.717) is 0 Å². The Morgan fingerprint density at radius 3 is 2.70 bits per heavy atom. The maximum atomic E-state index is 12.0. The first-order valence-electron chi connectivity index (χ1n) is 5.36. The van der Waals surface area contributed by atoms with E-state index in [1.807, 2.05) is 5.38 Å². The average Bonchev–Trinajstić information content (AvgIpc) is 2.89. The molecule has 0 aliphatic heterocycles. The molecule has 20 heavy (non-hydrogen) atoms. The summed E-state index contributed by atoms with van der Waals surface area (Å²) in [4.78, 5) is 10.7. The molecule has 0 unspecified atom stereocenters. The van der Waals surface area contributed by atoms with Crippen LogP contribution in [0.2, 0.25) is 5.02 Å². The van der Waals surface area contributed by atoms with Gasteiger partial charge in [0.15, 0.2) is 0 Å². The molecular formula is C11H9ClN2O4S2. The van der Waals surface area contributed by atoms with Gasteiger partial charge in [0.2, 0.25) is 10.0 Å². The monoisotopic (exact) mass is 332 g/mol. The van der Waals surface area contributed by atoms with E-state index in [4.69, 9.17) is 11.6 Å². The molecule has 2 aromatic rings. The Bertz CT molecular complexity index is 729. The minimum Gasteiger partial charge on any atom is -0.258 e. The van der Waals surface area contributed by atoms with Gasteiger partial charge < -0.3 is 0 Å². The third-order valence-corrected chi connectivity index (χ3v) is 5.04. The van der Waals surface area contributed by atoms with Gasteiger partial charge in [0.05, 0.1) is 9.82 Å². The Morgan fingerprint density at radius 2 is 2.10 bits per heavy atom. The summed E-state index contributed by atoms with van der Waals surface area (Å²) < 4.78 is 26.5. The Balaban J connectivity index is 2.25. The van der Waals surface area contributed by atoms with E-state index in [1.165, 1.54) is 23.5 Å². The van der Waals surface area contributed by atoms with E-state index in [1.54, 1.807) is 12.1 Å². The van der Waals surface area contributed by atoms with Crippen molar-refractivity contribution in [2.45, 2.75) is 11.4 Å². The largest absolute Gasteiger partial charge is 0.289 e. The fourth-order valence-corrected chi connectivity index (χ4v) is 3.41. The second kappa shape index (κ2) is 5.88. The molecule has 0 spiro atoms. The highest BCUT2D eigenvalue weighted by Crippen LogP contribution is 2.27. The number of halogens is 1.